The zero-order valence-corrected chi connectivity index (χ0v) is 9.76. The average molecular weight is 205 g/mol. The molecule has 1 aliphatic heterocycles. The first kappa shape index (κ1) is 10.5. The van der Waals surface area contributed by atoms with Gasteiger partial charge in [-0.25, -0.2) is 0 Å². The molecule has 1 fully saturated rings. The molecule has 2 aliphatic rings. The minimum Gasteiger partial charge on any atom is -0.326 e. The van der Waals surface area contributed by atoms with Crippen LogP contribution in [0.1, 0.15) is 40.0 Å². The summed E-state index contributed by atoms with van der Waals surface area (Å²) in [4.78, 5) is 11.8. The van der Waals surface area contributed by atoms with Crippen LogP contribution in [0.4, 0.5) is 0 Å². The molecule has 0 bridgehead atoms. The Morgan fingerprint density at radius 2 is 2.20 bits per heavy atom. The van der Waals surface area contributed by atoms with Crippen molar-refractivity contribution < 1.29 is 4.79 Å². The van der Waals surface area contributed by atoms with Crippen LogP contribution >= 0.6 is 0 Å². The van der Waals surface area contributed by atoms with Gasteiger partial charge < -0.3 is 5.32 Å². The van der Waals surface area contributed by atoms with E-state index in [-0.39, 0.29) is 11.8 Å². The van der Waals surface area contributed by atoms with Crippen LogP contribution in [0, 0.1) is 11.8 Å². The molecule has 1 amide bonds. The van der Waals surface area contributed by atoms with Crippen molar-refractivity contribution >= 4 is 5.91 Å². The first-order valence-electron chi connectivity index (χ1n) is 5.85. The number of amides is 1. The van der Waals surface area contributed by atoms with Crippen molar-refractivity contribution in [3.05, 3.63) is 22.9 Å². The molecule has 2 heteroatoms. The zero-order chi connectivity index (χ0) is 11.0. The van der Waals surface area contributed by atoms with Crippen LogP contribution in [0.2, 0.25) is 0 Å². The van der Waals surface area contributed by atoms with Crippen LogP contribution in [-0.4, -0.2) is 5.91 Å². The highest BCUT2D eigenvalue weighted by Crippen LogP contribution is 2.40. The Morgan fingerprint density at radius 3 is 2.80 bits per heavy atom. The van der Waals surface area contributed by atoms with E-state index in [1.807, 2.05) is 13.0 Å². The molecule has 0 spiro atoms. The molecule has 1 unspecified atom stereocenters. The summed E-state index contributed by atoms with van der Waals surface area (Å²) < 4.78 is 0. The SMILES string of the molecule is C/C=C1/NC(=O)C2CCCC(C(C)C)=C12. The highest BCUT2D eigenvalue weighted by Gasteiger charge is 2.37. The summed E-state index contributed by atoms with van der Waals surface area (Å²) in [6.07, 6.45) is 5.37. The fourth-order valence-corrected chi connectivity index (χ4v) is 2.74. The fourth-order valence-electron chi connectivity index (χ4n) is 2.74. The van der Waals surface area contributed by atoms with Gasteiger partial charge in [0, 0.05) is 5.70 Å². The van der Waals surface area contributed by atoms with Gasteiger partial charge >= 0.3 is 0 Å². The Morgan fingerprint density at radius 1 is 1.47 bits per heavy atom. The van der Waals surface area contributed by atoms with E-state index in [1.54, 1.807) is 0 Å². The van der Waals surface area contributed by atoms with E-state index < -0.39 is 0 Å². The molecule has 1 atom stereocenters. The lowest BCUT2D eigenvalue weighted by molar-refractivity contribution is -0.121. The van der Waals surface area contributed by atoms with Crippen molar-refractivity contribution in [1.82, 2.24) is 5.32 Å². The molecule has 0 radical (unpaired) electrons. The quantitative estimate of drug-likeness (QED) is 0.700. The minimum atomic E-state index is 0.141. The van der Waals surface area contributed by atoms with Gasteiger partial charge in [-0.2, -0.15) is 0 Å². The smallest absolute Gasteiger partial charge is 0.231 e. The molecule has 1 saturated heterocycles. The molecule has 1 heterocycles. The van der Waals surface area contributed by atoms with Gasteiger partial charge in [-0.05, 0) is 37.7 Å². The third-order valence-corrected chi connectivity index (χ3v) is 3.48. The van der Waals surface area contributed by atoms with Gasteiger partial charge in [0.25, 0.3) is 0 Å². The van der Waals surface area contributed by atoms with Crippen LogP contribution in [0.3, 0.4) is 0 Å². The Hall–Kier alpha value is -1.05. The van der Waals surface area contributed by atoms with Crippen molar-refractivity contribution in [2.75, 3.05) is 0 Å². The number of fused-ring (bicyclic) bond motifs is 1. The van der Waals surface area contributed by atoms with Crippen molar-refractivity contribution in [3.63, 3.8) is 0 Å². The van der Waals surface area contributed by atoms with Gasteiger partial charge in [-0.1, -0.05) is 25.5 Å². The molecule has 1 aliphatic carbocycles. The van der Waals surface area contributed by atoms with Gasteiger partial charge in [-0.15, -0.1) is 0 Å². The molecule has 1 N–H and O–H groups in total. The maximum Gasteiger partial charge on any atom is 0.231 e. The molecule has 0 aromatic carbocycles. The fraction of sp³-hybridized carbons (Fsp3) is 0.615. The standard InChI is InChI=1S/C13H19NO/c1-4-11-12-9(8(2)3)6-5-7-10(12)13(15)14-11/h4,8,10H,5-7H2,1-3H3,(H,14,15)/b11-4+. The number of rotatable bonds is 1. The van der Waals surface area contributed by atoms with Crippen molar-refractivity contribution in [3.8, 4) is 0 Å². The monoisotopic (exact) mass is 205 g/mol. The maximum atomic E-state index is 11.8. The van der Waals surface area contributed by atoms with Gasteiger partial charge in [0.15, 0.2) is 0 Å². The van der Waals surface area contributed by atoms with E-state index >= 15 is 0 Å². The third-order valence-electron chi connectivity index (χ3n) is 3.48. The molecule has 2 nitrogen and oxygen atoms in total. The molecular formula is C13H19NO. The number of carbonyl (C=O) groups excluding carboxylic acids is 1. The summed E-state index contributed by atoms with van der Waals surface area (Å²) >= 11 is 0. The first-order valence-corrected chi connectivity index (χ1v) is 5.85. The van der Waals surface area contributed by atoms with Gasteiger partial charge in [0.2, 0.25) is 5.91 Å². The van der Waals surface area contributed by atoms with E-state index in [2.05, 4.69) is 19.2 Å². The molecular weight excluding hydrogens is 186 g/mol. The Labute approximate surface area is 91.4 Å². The van der Waals surface area contributed by atoms with E-state index in [0.717, 1.165) is 25.0 Å². The lowest BCUT2D eigenvalue weighted by Gasteiger charge is -2.24. The van der Waals surface area contributed by atoms with Crippen LogP contribution in [0.5, 0.6) is 0 Å². The molecule has 15 heavy (non-hydrogen) atoms. The second-order valence-corrected chi connectivity index (χ2v) is 4.73. The number of allylic oxidation sites excluding steroid dienone is 3. The second-order valence-electron chi connectivity index (χ2n) is 4.73. The predicted octanol–water partition coefficient (Wildman–Crippen LogP) is 2.77. The van der Waals surface area contributed by atoms with E-state index in [4.69, 9.17) is 0 Å². The lowest BCUT2D eigenvalue weighted by Crippen LogP contribution is -2.20. The van der Waals surface area contributed by atoms with Crippen LogP contribution in [0.15, 0.2) is 22.9 Å². The van der Waals surface area contributed by atoms with Crippen LogP contribution in [-0.2, 0) is 4.79 Å². The van der Waals surface area contributed by atoms with Crippen molar-refractivity contribution in [2.45, 2.75) is 40.0 Å². The normalized spacial score (nSPS) is 28.7. The topological polar surface area (TPSA) is 29.1 Å². The molecule has 0 aromatic rings. The van der Waals surface area contributed by atoms with Gasteiger partial charge in [0.1, 0.15) is 0 Å². The largest absolute Gasteiger partial charge is 0.326 e. The highest BCUT2D eigenvalue weighted by molar-refractivity contribution is 5.90. The second kappa shape index (κ2) is 3.84. The molecule has 2 rings (SSSR count). The molecule has 0 aromatic heterocycles. The average Bonchev–Trinajstić information content (AvgIpc) is 2.55. The summed E-state index contributed by atoms with van der Waals surface area (Å²) in [6, 6.07) is 0. The van der Waals surface area contributed by atoms with Crippen molar-refractivity contribution in [1.29, 1.82) is 0 Å². The molecule has 0 saturated carbocycles. The van der Waals surface area contributed by atoms with E-state index in [9.17, 15) is 4.79 Å². The number of hydrogen-bond acceptors (Lipinski definition) is 1. The Bertz CT molecular complexity index is 350. The third kappa shape index (κ3) is 1.62. The lowest BCUT2D eigenvalue weighted by atomic mass is 9.79. The summed E-state index contributed by atoms with van der Waals surface area (Å²) in [6.45, 7) is 6.44. The summed E-state index contributed by atoms with van der Waals surface area (Å²) in [7, 11) is 0. The van der Waals surface area contributed by atoms with Gasteiger partial charge in [0.05, 0.1) is 5.92 Å². The summed E-state index contributed by atoms with van der Waals surface area (Å²) in [5, 5.41) is 2.99. The number of carbonyl (C=O) groups is 1. The number of nitrogens with one attached hydrogen (secondary N) is 1. The van der Waals surface area contributed by atoms with E-state index in [0.29, 0.717) is 5.92 Å². The maximum absolute atomic E-state index is 11.8. The zero-order valence-electron chi connectivity index (χ0n) is 9.76. The van der Waals surface area contributed by atoms with Crippen molar-refractivity contribution in [2.24, 2.45) is 11.8 Å². The van der Waals surface area contributed by atoms with E-state index in [1.165, 1.54) is 11.1 Å². The van der Waals surface area contributed by atoms with Gasteiger partial charge in [-0.3, -0.25) is 4.79 Å². The predicted molar refractivity (Wildman–Crippen MR) is 61.1 cm³/mol. The van der Waals surface area contributed by atoms with Crippen LogP contribution < -0.4 is 5.32 Å². The first-order chi connectivity index (χ1) is 7.15. The minimum absolute atomic E-state index is 0.141. The Kier molecular flexibility index (Phi) is 2.68. The van der Waals surface area contributed by atoms with Crippen LogP contribution in [0.25, 0.3) is 0 Å². The Balaban J connectivity index is 2.49. The summed E-state index contributed by atoms with van der Waals surface area (Å²) in [5.41, 5.74) is 3.86. The highest BCUT2D eigenvalue weighted by atomic mass is 16.2. The number of hydrogen-bond donors (Lipinski definition) is 1. The summed E-state index contributed by atoms with van der Waals surface area (Å²) in [5.74, 6) is 0.906. The molecule has 82 valence electrons.